The van der Waals surface area contributed by atoms with Crippen molar-refractivity contribution in [1.29, 1.82) is 0 Å². The fourth-order valence-corrected chi connectivity index (χ4v) is 2.54. The lowest BCUT2D eigenvalue weighted by molar-refractivity contribution is 0.0526. The van der Waals surface area contributed by atoms with Gasteiger partial charge in [0.25, 0.3) is 0 Å². The molecule has 0 spiro atoms. The molecule has 0 saturated heterocycles. The number of benzene rings is 1. The van der Waals surface area contributed by atoms with Crippen molar-refractivity contribution in [1.82, 2.24) is 4.98 Å². The number of thiazole rings is 1. The Kier molecular flexibility index (Phi) is 2.92. The number of nitrogens with zero attached hydrogens (tertiary/aromatic N) is 1. The number of ether oxygens (including phenoxy) is 1. The first kappa shape index (κ1) is 11.1. The molecule has 4 heteroatoms. The minimum Gasteiger partial charge on any atom is -0.461 e. The average molecular weight is 235 g/mol. The van der Waals surface area contributed by atoms with E-state index in [1.54, 1.807) is 6.92 Å². The molecule has 2 aromatic rings. The third kappa shape index (κ3) is 1.80. The van der Waals surface area contributed by atoms with Crippen LogP contribution in [0.2, 0.25) is 0 Å². The standard InChI is InChI=1S/C12H13NO2S/c1-4-15-12(14)11-13-9-7(2)5-6-8(3)10(9)16-11/h5-6H,4H2,1-3H3. The molecule has 0 aliphatic rings. The molecule has 0 radical (unpaired) electrons. The van der Waals surface area contributed by atoms with Crippen molar-refractivity contribution in [3.05, 3.63) is 28.3 Å². The fourth-order valence-electron chi connectivity index (χ4n) is 1.54. The van der Waals surface area contributed by atoms with E-state index in [4.69, 9.17) is 4.74 Å². The number of esters is 1. The Morgan fingerprint density at radius 3 is 2.69 bits per heavy atom. The summed E-state index contributed by atoms with van der Waals surface area (Å²) in [5, 5.41) is 0.439. The van der Waals surface area contributed by atoms with E-state index in [2.05, 4.69) is 4.98 Å². The van der Waals surface area contributed by atoms with Crippen molar-refractivity contribution in [2.45, 2.75) is 20.8 Å². The molecule has 84 valence electrons. The molecule has 16 heavy (non-hydrogen) atoms. The van der Waals surface area contributed by atoms with Crippen LogP contribution < -0.4 is 0 Å². The van der Waals surface area contributed by atoms with Gasteiger partial charge in [-0.1, -0.05) is 12.1 Å². The van der Waals surface area contributed by atoms with E-state index in [1.165, 1.54) is 11.3 Å². The Balaban J connectivity index is 2.55. The maximum absolute atomic E-state index is 11.6. The second-order valence-corrected chi connectivity index (χ2v) is 4.62. The predicted molar refractivity (Wildman–Crippen MR) is 65.1 cm³/mol. The SMILES string of the molecule is CCOC(=O)c1nc2c(C)ccc(C)c2s1. The summed E-state index contributed by atoms with van der Waals surface area (Å²) in [4.78, 5) is 15.9. The lowest BCUT2D eigenvalue weighted by Gasteiger charge is -1.96. The van der Waals surface area contributed by atoms with Crippen molar-refractivity contribution in [2.75, 3.05) is 6.61 Å². The van der Waals surface area contributed by atoms with E-state index < -0.39 is 0 Å². The third-order valence-corrected chi connectivity index (χ3v) is 3.56. The molecule has 1 aromatic carbocycles. The number of aryl methyl sites for hydroxylation is 2. The lowest BCUT2D eigenvalue weighted by Crippen LogP contribution is -2.03. The highest BCUT2D eigenvalue weighted by Crippen LogP contribution is 2.28. The summed E-state index contributed by atoms with van der Waals surface area (Å²) in [6, 6.07) is 4.07. The number of aromatic nitrogens is 1. The van der Waals surface area contributed by atoms with Crippen LogP contribution in [0.5, 0.6) is 0 Å². The minimum atomic E-state index is -0.331. The molecule has 0 aliphatic carbocycles. The molecule has 3 nitrogen and oxygen atoms in total. The Morgan fingerprint density at radius 1 is 1.38 bits per heavy atom. The highest BCUT2D eigenvalue weighted by molar-refractivity contribution is 7.20. The molecular weight excluding hydrogens is 222 g/mol. The molecular formula is C12H13NO2S. The van der Waals surface area contributed by atoms with Gasteiger partial charge in [-0.05, 0) is 31.9 Å². The van der Waals surface area contributed by atoms with Crippen molar-refractivity contribution in [3.63, 3.8) is 0 Å². The molecule has 1 heterocycles. The van der Waals surface area contributed by atoms with Crippen molar-refractivity contribution in [2.24, 2.45) is 0 Å². The first-order valence-electron chi connectivity index (χ1n) is 5.17. The maximum atomic E-state index is 11.6. The topological polar surface area (TPSA) is 39.2 Å². The van der Waals surface area contributed by atoms with E-state index in [9.17, 15) is 4.79 Å². The molecule has 0 saturated carbocycles. The van der Waals surface area contributed by atoms with Crippen LogP contribution in [0.15, 0.2) is 12.1 Å². The van der Waals surface area contributed by atoms with Crippen LogP contribution in [0, 0.1) is 13.8 Å². The van der Waals surface area contributed by atoms with E-state index >= 15 is 0 Å². The summed E-state index contributed by atoms with van der Waals surface area (Å²) >= 11 is 1.40. The zero-order valence-corrected chi connectivity index (χ0v) is 10.4. The normalized spacial score (nSPS) is 10.7. The average Bonchev–Trinajstić information content (AvgIpc) is 2.70. The summed E-state index contributed by atoms with van der Waals surface area (Å²) in [7, 11) is 0. The van der Waals surface area contributed by atoms with Crippen LogP contribution in [0.3, 0.4) is 0 Å². The molecule has 2 rings (SSSR count). The number of hydrogen-bond acceptors (Lipinski definition) is 4. The zero-order valence-electron chi connectivity index (χ0n) is 9.53. The monoisotopic (exact) mass is 235 g/mol. The predicted octanol–water partition coefficient (Wildman–Crippen LogP) is 3.09. The molecule has 0 bridgehead atoms. The van der Waals surface area contributed by atoms with Crippen LogP contribution in [-0.4, -0.2) is 17.6 Å². The van der Waals surface area contributed by atoms with Gasteiger partial charge in [-0.3, -0.25) is 0 Å². The van der Waals surface area contributed by atoms with Gasteiger partial charge < -0.3 is 4.74 Å². The number of fused-ring (bicyclic) bond motifs is 1. The number of carbonyl (C=O) groups excluding carboxylic acids is 1. The molecule has 0 amide bonds. The van der Waals surface area contributed by atoms with Gasteiger partial charge in [0.2, 0.25) is 5.01 Å². The van der Waals surface area contributed by atoms with Crippen LogP contribution in [-0.2, 0) is 4.74 Å². The van der Waals surface area contributed by atoms with Gasteiger partial charge in [-0.2, -0.15) is 0 Å². The summed E-state index contributed by atoms with van der Waals surface area (Å²) in [6.45, 7) is 6.19. The molecule has 0 fully saturated rings. The van der Waals surface area contributed by atoms with Gasteiger partial charge in [-0.25, -0.2) is 9.78 Å². The largest absolute Gasteiger partial charge is 0.461 e. The van der Waals surface area contributed by atoms with Gasteiger partial charge in [0, 0.05) is 0 Å². The molecule has 1 aromatic heterocycles. The summed E-state index contributed by atoms with van der Waals surface area (Å²) in [5.74, 6) is -0.331. The first-order chi connectivity index (χ1) is 7.63. The number of hydrogen-bond donors (Lipinski definition) is 0. The van der Waals surface area contributed by atoms with Gasteiger partial charge in [0.05, 0.1) is 16.8 Å². The van der Waals surface area contributed by atoms with Crippen LogP contribution >= 0.6 is 11.3 Å². The van der Waals surface area contributed by atoms with Gasteiger partial charge in [-0.15, -0.1) is 11.3 Å². The third-order valence-electron chi connectivity index (χ3n) is 2.39. The molecule has 0 atom stereocenters. The fraction of sp³-hybridized carbons (Fsp3) is 0.333. The lowest BCUT2D eigenvalue weighted by atomic mass is 10.1. The smallest absolute Gasteiger partial charge is 0.367 e. The second-order valence-electron chi connectivity index (χ2n) is 3.62. The highest BCUT2D eigenvalue weighted by Gasteiger charge is 2.15. The Morgan fingerprint density at radius 2 is 2.06 bits per heavy atom. The van der Waals surface area contributed by atoms with Crippen LogP contribution in [0.25, 0.3) is 10.2 Å². The summed E-state index contributed by atoms with van der Waals surface area (Å²) in [6.07, 6.45) is 0. The molecule has 0 unspecified atom stereocenters. The van der Waals surface area contributed by atoms with Gasteiger partial charge in [0.1, 0.15) is 0 Å². The Hall–Kier alpha value is -1.42. The highest BCUT2D eigenvalue weighted by atomic mass is 32.1. The first-order valence-corrected chi connectivity index (χ1v) is 5.99. The van der Waals surface area contributed by atoms with Crippen molar-refractivity contribution in [3.8, 4) is 0 Å². The van der Waals surface area contributed by atoms with E-state index in [1.807, 2.05) is 26.0 Å². The summed E-state index contributed by atoms with van der Waals surface area (Å²) in [5.41, 5.74) is 3.15. The Bertz CT molecular complexity index is 506. The molecule has 0 N–H and O–H groups in total. The van der Waals surface area contributed by atoms with Crippen LogP contribution in [0.1, 0.15) is 27.9 Å². The molecule has 0 aliphatic heterocycles. The van der Waals surface area contributed by atoms with E-state index in [0.29, 0.717) is 11.6 Å². The summed E-state index contributed by atoms with van der Waals surface area (Å²) < 4.78 is 6.02. The quantitative estimate of drug-likeness (QED) is 0.751. The van der Waals surface area contributed by atoms with Crippen LogP contribution in [0.4, 0.5) is 0 Å². The Labute approximate surface area is 98.1 Å². The van der Waals surface area contributed by atoms with Gasteiger partial charge in [0.15, 0.2) is 0 Å². The van der Waals surface area contributed by atoms with E-state index in [0.717, 1.165) is 21.3 Å². The van der Waals surface area contributed by atoms with E-state index in [-0.39, 0.29) is 5.97 Å². The minimum absolute atomic E-state index is 0.331. The van der Waals surface area contributed by atoms with Crippen molar-refractivity contribution >= 4 is 27.5 Å². The number of rotatable bonds is 2. The zero-order chi connectivity index (χ0) is 11.7. The maximum Gasteiger partial charge on any atom is 0.367 e. The second kappa shape index (κ2) is 4.22. The number of carbonyl (C=O) groups is 1. The van der Waals surface area contributed by atoms with Crippen molar-refractivity contribution < 1.29 is 9.53 Å². The van der Waals surface area contributed by atoms with Gasteiger partial charge >= 0.3 is 5.97 Å².